The lowest BCUT2D eigenvalue weighted by Gasteiger charge is -2.27. The van der Waals surface area contributed by atoms with Crippen molar-refractivity contribution in [2.45, 2.75) is 13.3 Å². The summed E-state index contributed by atoms with van der Waals surface area (Å²) in [4.78, 5) is 9.93. The van der Waals surface area contributed by atoms with Gasteiger partial charge in [-0.2, -0.15) is 0 Å². The van der Waals surface area contributed by atoms with E-state index < -0.39 is 5.97 Å². The van der Waals surface area contributed by atoms with Crippen molar-refractivity contribution in [3.63, 3.8) is 0 Å². The molecule has 0 radical (unpaired) electrons. The van der Waals surface area contributed by atoms with Gasteiger partial charge in [0.05, 0.1) is 73.5 Å². The summed E-state index contributed by atoms with van der Waals surface area (Å²) in [5.41, 5.74) is 0. The molecule has 0 heterocycles. The molecule has 0 bridgehead atoms. The third kappa shape index (κ3) is 25.6. The number of hydrogen-bond acceptors (Lipinski definition) is 7. The number of carbonyl (C=O) groups is 1. The standard InChI is InChI=1S/C9H22NO2.C8H16O5/c1-5-10(2,3)6-7-12-9-8-11-4;1-11-4-5-13-7-6-12-3-2-8(9)10/h5-9H2,1-4H3;2-7H2,1H3,(H,9,10)/q+1;/p-1. The fourth-order valence-corrected chi connectivity index (χ4v) is 1.33. The second-order valence-electron chi connectivity index (χ2n) is 5.92. The van der Waals surface area contributed by atoms with Crippen molar-refractivity contribution in [1.29, 1.82) is 0 Å². The number of carboxylic acids is 1. The number of quaternary nitrogens is 1. The van der Waals surface area contributed by atoms with Crippen LogP contribution in [0.5, 0.6) is 0 Å². The van der Waals surface area contributed by atoms with Crippen LogP contribution in [0.2, 0.25) is 0 Å². The van der Waals surface area contributed by atoms with Crippen molar-refractivity contribution in [3.05, 3.63) is 0 Å². The molecule has 0 spiro atoms. The van der Waals surface area contributed by atoms with Crippen LogP contribution in [-0.2, 0) is 28.5 Å². The molecule has 0 saturated heterocycles. The fourth-order valence-electron chi connectivity index (χ4n) is 1.33. The Balaban J connectivity index is 0. The van der Waals surface area contributed by atoms with Gasteiger partial charge in [-0.05, 0) is 6.92 Å². The molecule has 0 fully saturated rings. The molecule has 25 heavy (non-hydrogen) atoms. The van der Waals surface area contributed by atoms with E-state index in [9.17, 15) is 9.90 Å². The largest absolute Gasteiger partial charge is 0.550 e. The highest BCUT2D eigenvalue weighted by Crippen LogP contribution is 1.94. The van der Waals surface area contributed by atoms with Gasteiger partial charge in [-0.3, -0.25) is 0 Å². The maximum absolute atomic E-state index is 9.93. The molecule has 0 aliphatic rings. The average Bonchev–Trinajstić information content (AvgIpc) is 2.57. The first-order valence-electron chi connectivity index (χ1n) is 8.62. The lowest BCUT2D eigenvalue weighted by atomic mass is 10.4. The Kier molecular flexibility index (Phi) is 20.7. The highest BCUT2D eigenvalue weighted by atomic mass is 16.5. The van der Waals surface area contributed by atoms with E-state index in [4.69, 9.17) is 23.7 Å². The number of nitrogens with zero attached hydrogens (tertiary/aromatic N) is 1. The fraction of sp³-hybridized carbons (Fsp3) is 0.941. The third-order valence-corrected chi connectivity index (χ3v) is 3.38. The molecule has 0 aliphatic carbocycles. The first-order valence-corrected chi connectivity index (χ1v) is 8.62. The number of methoxy groups -OCH3 is 2. The van der Waals surface area contributed by atoms with E-state index in [1.807, 2.05) is 0 Å². The Hall–Kier alpha value is -0.770. The summed E-state index contributed by atoms with van der Waals surface area (Å²) in [7, 11) is 7.70. The topological polar surface area (TPSA) is 86.3 Å². The molecule has 8 heteroatoms. The van der Waals surface area contributed by atoms with Gasteiger partial charge in [0.2, 0.25) is 0 Å². The normalized spacial score (nSPS) is 11.1. The number of hydrogen-bond donors (Lipinski definition) is 0. The number of carboxylic acid groups (broad SMARTS) is 1. The molecule has 0 aliphatic heterocycles. The molecule has 0 aromatic rings. The van der Waals surface area contributed by atoms with Crippen molar-refractivity contribution in [2.75, 3.05) is 94.3 Å². The van der Waals surface area contributed by atoms with E-state index in [0.717, 1.165) is 24.2 Å². The summed E-state index contributed by atoms with van der Waals surface area (Å²) in [6.07, 6.45) is -0.0714. The molecule has 0 amide bonds. The predicted molar refractivity (Wildman–Crippen MR) is 93.3 cm³/mol. The summed E-state index contributed by atoms with van der Waals surface area (Å²) >= 11 is 0. The summed E-state index contributed by atoms with van der Waals surface area (Å²) < 4.78 is 26.0. The minimum atomic E-state index is -1.10. The van der Waals surface area contributed by atoms with Gasteiger partial charge in [0.25, 0.3) is 0 Å². The molecule has 0 N–H and O–H groups in total. The van der Waals surface area contributed by atoms with Crippen molar-refractivity contribution < 1.29 is 38.1 Å². The van der Waals surface area contributed by atoms with Crippen LogP contribution in [0.25, 0.3) is 0 Å². The number of aliphatic carboxylic acids is 1. The maximum atomic E-state index is 9.93. The van der Waals surface area contributed by atoms with E-state index in [1.165, 1.54) is 0 Å². The number of rotatable bonds is 16. The molecule has 0 aromatic carbocycles. The van der Waals surface area contributed by atoms with Gasteiger partial charge in [0.1, 0.15) is 6.54 Å². The molecular formula is C17H37NO7. The Morgan fingerprint density at radius 1 is 0.800 bits per heavy atom. The average molecular weight is 367 g/mol. The zero-order valence-electron chi connectivity index (χ0n) is 16.6. The third-order valence-electron chi connectivity index (χ3n) is 3.38. The molecule has 152 valence electrons. The monoisotopic (exact) mass is 367 g/mol. The van der Waals surface area contributed by atoms with Crippen LogP contribution in [0.4, 0.5) is 0 Å². The van der Waals surface area contributed by atoms with Gasteiger partial charge in [-0.15, -0.1) is 0 Å². The lowest BCUT2D eigenvalue weighted by molar-refractivity contribution is -0.888. The maximum Gasteiger partial charge on any atom is 0.102 e. The van der Waals surface area contributed by atoms with Crippen LogP contribution >= 0.6 is 0 Å². The van der Waals surface area contributed by atoms with Crippen LogP contribution in [0, 0.1) is 0 Å². The van der Waals surface area contributed by atoms with Gasteiger partial charge < -0.3 is 38.1 Å². The Morgan fingerprint density at radius 2 is 1.24 bits per heavy atom. The summed E-state index contributed by atoms with van der Waals surface area (Å²) in [6, 6.07) is 0. The summed E-state index contributed by atoms with van der Waals surface area (Å²) in [5.74, 6) is -1.10. The zero-order chi connectivity index (χ0) is 19.4. The second kappa shape index (κ2) is 19.6. The van der Waals surface area contributed by atoms with Gasteiger partial charge in [-0.1, -0.05) is 0 Å². The first kappa shape index (κ1) is 26.5. The van der Waals surface area contributed by atoms with E-state index >= 15 is 0 Å². The summed E-state index contributed by atoms with van der Waals surface area (Å²) in [6.45, 7) is 8.75. The van der Waals surface area contributed by atoms with Gasteiger partial charge in [-0.25, -0.2) is 0 Å². The van der Waals surface area contributed by atoms with Crippen molar-refractivity contribution in [1.82, 2.24) is 0 Å². The highest BCUT2D eigenvalue weighted by Gasteiger charge is 2.10. The Morgan fingerprint density at radius 3 is 1.68 bits per heavy atom. The Bertz CT molecular complexity index is 288. The van der Waals surface area contributed by atoms with Crippen LogP contribution in [0.1, 0.15) is 13.3 Å². The lowest BCUT2D eigenvalue weighted by Crippen LogP contribution is -2.42. The molecule has 0 aromatic heterocycles. The minimum absolute atomic E-state index is 0.0714. The minimum Gasteiger partial charge on any atom is -0.550 e. The molecular weight excluding hydrogens is 330 g/mol. The van der Waals surface area contributed by atoms with E-state index in [1.54, 1.807) is 14.2 Å². The molecule has 0 atom stereocenters. The van der Waals surface area contributed by atoms with Crippen LogP contribution < -0.4 is 5.11 Å². The van der Waals surface area contributed by atoms with E-state index in [2.05, 4.69) is 21.0 Å². The van der Waals surface area contributed by atoms with Crippen LogP contribution in [0.15, 0.2) is 0 Å². The van der Waals surface area contributed by atoms with E-state index in [-0.39, 0.29) is 13.0 Å². The van der Waals surface area contributed by atoms with Crippen LogP contribution in [-0.4, -0.2) is 105 Å². The number of ether oxygens (including phenoxy) is 5. The second-order valence-corrected chi connectivity index (χ2v) is 5.92. The first-order chi connectivity index (χ1) is 11.9. The number of likely N-dealkylation sites (N-methyl/N-ethyl adjacent to an activating group) is 1. The SMILES string of the molecule is CC[N+](C)(C)CCOCCOC.COCCOCCOCCC(=O)[O-]. The molecule has 8 nitrogen and oxygen atoms in total. The quantitative estimate of drug-likeness (QED) is 0.270. The molecule has 0 saturated carbocycles. The predicted octanol–water partition coefficient (Wildman–Crippen LogP) is -0.448. The van der Waals surface area contributed by atoms with Gasteiger partial charge >= 0.3 is 0 Å². The summed E-state index contributed by atoms with van der Waals surface area (Å²) in [5, 5.41) is 9.93. The molecule has 0 rings (SSSR count). The molecule has 0 unspecified atom stereocenters. The smallest absolute Gasteiger partial charge is 0.102 e. The Labute approximate surface area is 152 Å². The number of carbonyl (C=O) groups excluding carboxylic acids is 1. The van der Waals surface area contributed by atoms with Crippen molar-refractivity contribution in [2.24, 2.45) is 0 Å². The van der Waals surface area contributed by atoms with Gasteiger partial charge in [0, 0.05) is 26.6 Å². The van der Waals surface area contributed by atoms with Crippen molar-refractivity contribution >= 4 is 5.97 Å². The zero-order valence-corrected chi connectivity index (χ0v) is 16.6. The van der Waals surface area contributed by atoms with Gasteiger partial charge in [0.15, 0.2) is 0 Å². The van der Waals surface area contributed by atoms with Crippen LogP contribution in [0.3, 0.4) is 0 Å². The highest BCUT2D eigenvalue weighted by molar-refractivity contribution is 5.64. The van der Waals surface area contributed by atoms with Crippen molar-refractivity contribution in [3.8, 4) is 0 Å². The van der Waals surface area contributed by atoms with E-state index in [0.29, 0.717) is 39.6 Å².